The Morgan fingerprint density at radius 2 is 1.92 bits per heavy atom. The third-order valence-electron chi connectivity index (χ3n) is 2.04. The molecule has 0 saturated heterocycles. The van der Waals surface area contributed by atoms with Crippen molar-refractivity contribution in [3.05, 3.63) is 12.2 Å². The first-order chi connectivity index (χ1) is 6.12. The molecule has 0 unspecified atom stereocenters. The zero-order chi connectivity index (χ0) is 10.2. The second-order valence-corrected chi connectivity index (χ2v) is 3.83. The van der Waals surface area contributed by atoms with Crippen LogP contribution in [0.15, 0.2) is 12.2 Å². The maximum absolute atomic E-state index is 9.42. The number of hydrogen-bond donors (Lipinski definition) is 2. The molecule has 0 aliphatic heterocycles. The lowest BCUT2D eigenvalue weighted by Gasteiger charge is -2.17. The van der Waals surface area contributed by atoms with Crippen molar-refractivity contribution in [2.24, 2.45) is 0 Å². The molecule has 0 aromatic carbocycles. The van der Waals surface area contributed by atoms with Gasteiger partial charge < -0.3 is 10.2 Å². The molecule has 0 amide bonds. The smallest absolute Gasteiger partial charge is 0.0883 e. The minimum absolute atomic E-state index is 0.174. The molecular weight excluding hydrogens is 164 g/mol. The molecule has 2 N–H and O–H groups in total. The van der Waals surface area contributed by atoms with Gasteiger partial charge >= 0.3 is 0 Å². The molecule has 0 radical (unpaired) electrons. The van der Waals surface area contributed by atoms with Gasteiger partial charge in [0.1, 0.15) is 0 Å². The maximum atomic E-state index is 9.42. The van der Waals surface area contributed by atoms with Gasteiger partial charge in [-0.15, -0.1) is 0 Å². The standard InChI is InChI=1S/C11H22O2/c1-3-4-5-6-7-8-9-11(2,13)10-12/h7-8,12-13H,3-6,9-10H2,1-2H3/b8-7+/t11-/m0/s1. The first-order valence-electron chi connectivity index (χ1n) is 5.10. The van der Waals surface area contributed by atoms with Crippen LogP contribution in [-0.4, -0.2) is 22.4 Å². The SMILES string of the molecule is CCCCC/C=C/C[C@](C)(O)CO. The molecule has 0 heterocycles. The Hall–Kier alpha value is -0.340. The fraction of sp³-hybridized carbons (Fsp3) is 0.818. The van der Waals surface area contributed by atoms with Gasteiger partial charge in [-0.2, -0.15) is 0 Å². The first kappa shape index (κ1) is 12.7. The molecular formula is C11H22O2. The number of unbranched alkanes of at least 4 members (excludes halogenated alkanes) is 3. The lowest BCUT2D eigenvalue weighted by atomic mass is 10.0. The van der Waals surface area contributed by atoms with Gasteiger partial charge in [0.2, 0.25) is 0 Å². The summed E-state index contributed by atoms with van der Waals surface area (Å²) >= 11 is 0. The Bertz CT molecular complexity index is 139. The van der Waals surface area contributed by atoms with Crippen LogP contribution in [0.3, 0.4) is 0 Å². The highest BCUT2D eigenvalue weighted by atomic mass is 16.3. The topological polar surface area (TPSA) is 40.5 Å². The predicted octanol–water partition coefficient (Wildman–Crippen LogP) is 2.26. The van der Waals surface area contributed by atoms with Crippen molar-refractivity contribution in [1.82, 2.24) is 0 Å². The van der Waals surface area contributed by atoms with Gasteiger partial charge in [0.15, 0.2) is 0 Å². The normalized spacial score (nSPS) is 16.3. The summed E-state index contributed by atoms with van der Waals surface area (Å²) in [5.41, 5.74) is -0.943. The summed E-state index contributed by atoms with van der Waals surface area (Å²) in [6, 6.07) is 0. The molecule has 0 saturated carbocycles. The highest BCUT2D eigenvalue weighted by molar-refractivity contribution is 4.88. The van der Waals surface area contributed by atoms with E-state index in [-0.39, 0.29) is 6.61 Å². The van der Waals surface area contributed by atoms with E-state index < -0.39 is 5.60 Å². The number of hydrogen-bond acceptors (Lipinski definition) is 2. The number of aliphatic hydroxyl groups excluding tert-OH is 1. The summed E-state index contributed by atoms with van der Waals surface area (Å²) in [5.74, 6) is 0. The van der Waals surface area contributed by atoms with Gasteiger partial charge in [-0.25, -0.2) is 0 Å². The maximum Gasteiger partial charge on any atom is 0.0883 e. The molecule has 0 fully saturated rings. The fourth-order valence-electron chi connectivity index (χ4n) is 1.03. The summed E-state index contributed by atoms with van der Waals surface area (Å²) in [5, 5.41) is 18.2. The molecule has 2 nitrogen and oxygen atoms in total. The number of rotatable bonds is 7. The average Bonchev–Trinajstić information content (AvgIpc) is 2.11. The van der Waals surface area contributed by atoms with Gasteiger partial charge in [-0.1, -0.05) is 31.9 Å². The highest BCUT2D eigenvalue weighted by Crippen LogP contribution is 2.09. The third-order valence-corrected chi connectivity index (χ3v) is 2.04. The number of aliphatic hydroxyl groups is 2. The van der Waals surface area contributed by atoms with E-state index in [1.807, 2.05) is 6.08 Å². The van der Waals surface area contributed by atoms with E-state index in [1.54, 1.807) is 6.92 Å². The fourth-order valence-corrected chi connectivity index (χ4v) is 1.03. The molecule has 0 aliphatic rings. The summed E-state index contributed by atoms with van der Waals surface area (Å²) in [6.45, 7) is 3.65. The Morgan fingerprint density at radius 3 is 2.46 bits per heavy atom. The molecule has 0 rings (SSSR count). The summed E-state index contributed by atoms with van der Waals surface area (Å²) in [4.78, 5) is 0. The Balaban J connectivity index is 3.40. The van der Waals surface area contributed by atoms with Crippen LogP contribution in [0.4, 0.5) is 0 Å². The Labute approximate surface area is 81.3 Å². The van der Waals surface area contributed by atoms with Crippen molar-refractivity contribution in [2.45, 2.75) is 51.6 Å². The van der Waals surface area contributed by atoms with Crippen molar-refractivity contribution in [2.75, 3.05) is 6.61 Å². The van der Waals surface area contributed by atoms with Gasteiger partial charge in [-0.3, -0.25) is 0 Å². The third kappa shape index (κ3) is 8.00. The van der Waals surface area contributed by atoms with Crippen molar-refractivity contribution in [3.63, 3.8) is 0 Å². The minimum Gasteiger partial charge on any atom is -0.393 e. The van der Waals surface area contributed by atoms with E-state index in [1.165, 1.54) is 19.3 Å². The van der Waals surface area contributed by atoms with Crippen LogP contribution in [-0.2, 0) is 0 Å². The lowest BCUT2D eigenvalue weighted by molar-refractivity contribution is 0.00447. The van der Waals surface area contributed by atoms with E-state index in [4.69, 9.17) is 5.11 Å². The van der Waals surface area contributed by atoms with Gasteiger partial charge in [-0.05, 0) is 26.2 Å². The van der Waals surface area contributed by atoms with Crippen LogP contribution in [0.5, 0.6) is 0 Å². The quantitative estimate of drug-likeness (QED) is 0.473. The van der Waals surface area contributed by atoms with E-state index >= 15 is 0 Å². The van der Waals surface area contributed by atoms with Crippen molar-refractivity contribution in [3.8, 4) is 0 Å². The highest BCUT2D eigenvalue weighted by Gasteiger charge is 2.15. The van der Waals surface area contributed by atoms with Gasteiger partial charge in [0.25, 0.3) is 0 Å². The zero-order valence-electron chi connectivity index (χ0n) is 8.79. The van der Waals surface area contributed by atoms with Gasteiger partial charge in [0.05, 0.1) is 12.2 Å². The largest absolute Gasteiger partial charge is 0.393 e. The predicted molar refractivity (Wildman–Crippen MR) is 55.6 cm³/mol. The van der Waals surface area contributed by atoms with Crippen molar-refractivity contribution >= 4 is 0 Å². The molecule has 2 heteroatoms. The molecule has 1 atom stereocenters. The summed E-state index contributed by atoms with van der Waals surface area (Å²) in [6.07, 6.45) is 9.37. The molecule has 0 aromatic rings. The van der Waals surface area contributed by atoms with Crippen LogP contribution >= 0.6 is 0 Å². The number of allylic oxidation sites excluding steroid dienone is 1. The molecule has 0 aromatic heterocycles. The van der Waals surface area contributed by atoms with Crippen LogP contribution in [0.25, 0.3) is 0 Å². The summed E-state index contributed by atoms with van der Waals surface area (Å²) in [7, 11) is 0. The summed E-state index contributed by atoms with van der Waals surface area (Å²) < 4.78 is 0. The Morgan fingerprint density at radius 1 is 1.23 bits per heavy atom. The minimum atomic E-state index is -0.943. The molecule has 0 aliphatic carbocycles. The van der Waals surface area contributed by atoms with E-state index in [0.29, 0.717) is 6.42 Å². The van der Waals surface area contributed by atoms with Crippen LogP contribution in [0.1, 0.15) is 46.0 Å². The van der Waals surface area contributed by atoms with E-state index in [2.05, 4.69) is 13.0 Å². The van der Waals surface area contributed by atoms with E-state index in [0.717, 1.165) is 6.42 Å². The average molecular weight is 186 g/mol. The van der Waals surface area contributed by atoms with Crippen molar-refractivity contribution < 1.29 is 10.2 Å². The lowest BCUT2D eigenvalue weighted by Crippen LogP contribution is -2.27. The van der Waals surface area contributed by atoms with Crippen LogP contribution in [0, 0.1) is 0 Å². The van der Waals surface area contributed by atoms with Crippen LogP contribution in [0.2, 0.25) is 0 Å². The molecule has 13 heavy (non-hydrogen) atoms. The second kappa shape index (κ2) is 7.10. The molecule has 0 bridgehead atoms. The Kier molecular flexibility index (Phi) is 6.92. The van der Waals surface area contributed by atoms with Gasteiger partial charge in [0, 0.05) is 0 Å². The van der Waals surface area contributed by atoms with Crippen molar-refractivity contribution in [1.29, 1.82) is 0 Å². The second-order valence-electron chi connectivity index (χ2n) is 3.83. The van der Waals surface area contributed by atoms with Crippen LogP contribution < -0.4 is 0 Å². The van der Waals surface area contributed by atoms with E-state index in [9.17, 15) is 5.11 Å². The first-order valence-corrected chi connectivity index (χ1v) is 5.10. The molecule has 0 spiro atoms. The molecule has 78 valence electrons. The zero-order valence-corrected chi connectivity index (χ0v) is 8.79. The monoisotopic (exact) mass is 186 g/mol.